The quantitative estimate of drug-likeness (QED) is 0.751. The van der Waals surface area contributed by atoms with Gasteiger partial charge in [0.05, 0.1) is 0 Å². The van der Waals surface area contributed by atoms with Crippen LogP contribution in [0.5, 0.6) is 0 Å². The Morgan fingerprint density at radius 2 is 1.80 bits per heavy atom. The van der Waals surface area contributed by atoms with E-state index in [2.05, 4.69) is 20.8 Å². The summed E-state index contributed by atoms with van der Waals surface area (Å²) in [5.74, 6) is 3.89. The number of fused-ring (bicyclic) bond motifs is 3. The van der Waals surface area contributed by atoms with E-state index in [1.54, 1.807) is 0 Å². The van der Waals surface area contributed by atoms with E-state index >= 15 is 0 Å². The standard InChI is InChI=1S/C19H34O/c1-14-5-4-9-19(3)16(14)7-6-15-13-18(2,11-12-20)10-8-17(15)19/h14-17,20H,4-13H2,1-3H3/t14?,15?,16?,17?,18-,19-/m1/s1. The fourth-order valence-corrected chi connectivity index (χ4v) is 6.60. The molecule has 1 nitrogen and oxygen atoms in total. The second-order valence-corrected chi connectivity index (χ2v) is 8.95. The summed E-state index contributed by atoms with van der Waals surface area (Å²) in [6.07, 6.45) is 12.6. The molecule has 20 heavy (non-hydrogen) atoms. The maximum Gasteiger partial charge on any atom is 0.0436 e. The van der Waals surface area contributed by atoms with Crippen LogP contribution in [0.2, 0.25) is 0 Å². The van der Waals surface area contributed by atoms with E-state index in [0.717, 1.165) is 30.1 Å². The third kappa shape index (κ3) is 2.34. The molecule has 3 aliphatic carbocycles. The van der Waals surface area contributed by atoms with E-state index in [4.69, 9.17) is 0 Å². The molecule has 3 rings (SSSR count). The number of rotatable bonds is 2. The molecule has 0 spiro atoms. The summed E-state index contributed by atoms with van der Waals surface area (Å²) in [6, 6.07) is 0. The largest absolute Gasteiger partial charge is 0.396 e. The molecule has 0 aliphatic heterocycles. The van der Waals surface area contributed by atoms with Crippen LogP contribution in [0.1, 0.15) is 78.6 Å². The molecule has 1 N–H and O–H groups in total. The summed E-state index contributed by atoms with van der Waals surface area (Å²) in [6.45, 7) is 7.96. The van der Waals surface area contributed by atoms with Gasteiger partial charge in [-0.05, 0) is 79.4 Å². The van der Waals surface area contributed by atoms with Crippen LogP contribution in [-0.2, 0) is 0 Å². The monoisotopic (exact) mass is 278 g/mol. The van der Waals surface area contributed by atoms with Gasteiger partial charge in [0.25, 0.3) is 0 Å². The van der Waals surface area contributed by atoms with Gasteiger partial charge in [0, 0.05) is 6.61 Å². The Balaban J connectivity index is 1.78. The lowest BCUT2D eigenvalue weighted by molar-refractivity contribution is -0.0986. The minimum Gasteiger partial charge on any atom is -0.396 e. The summed E-state index contributed by atoms with van der Waals surface area (Å²) in [4.78, 5) is 0. The van der Waals surface area contributed by atoms with Crippen molar-refractivity contribution >= 4 is 0 Å². The Morgan fingerprint density at radius 1 is 1.00 bits per heavy atom. The zero-order valence-corrected chi connectivity index (χ0v) is 13.8. The zero-order chi connectivity index (χ0) is 14.4. The van der Waals surface area contributed by atoms with Crippen LogP contribution in [0, 0.1) is 34.5 Å². The molecule has 0 aromatic carbocycles. The molecular weight excluding hydrogens is 244 g/mol. The van der Waals surface area contributed by atoms with E-state index in [1.165, 1.54) is 51.4 Å². The Bertz CT molecular complexity index is 352. The maximum absolute atomic E-state index is 9.35. The van der Waals surface area contributed by atoms with Crippen molar-refractivity contribution in [2.24, 2.45) is 34.5 Å². The lowest BCUT2D eigenvalue weighted by Crippen LogP contribution is -2.51. The average molecular weight is 278 g/mol. The van der Waals surface area contributed by atoms with Gasteiger partial charge in [-0.3, -0.25) is 0 Å². The predicted molar refractivity (Wildman–Crippen MR) is 84.5 cm³/mol. The summed E-state index contributed by atoms with van der Waals surface area (Å²) < 4.78 is 0. The third-order valence-electron chi connectivity index (χ3n) is 7.70. The highest BCUT2D eigenvalue weighted by molar-refractivity contribution is 5.03. The Labute approximate surface area is 125 Å². The van der Waals surface area contributed by atoms with E-state index in [1.807, 2.05) is 0 Å². The maximum atomic E-state index is 9.35. The first-order chi connectivity index (χ1) is 9.48. The summed E-state index contributed by atoms with van der Waals surface area (Å²) in [5, 5.41) is 9.35. The molecule has 3 fully saturated rings. The highest BCUT2D eigenvalue weighted by atomic mass is 16.3. The molecule has 6 atom stereocenters. The van der Waals surface area contributed by atoms with Crippen molar-refractivity contribution in [3.05, 3.63) is 0 Å². The van der Waals surface area contributed by atoms with Crippen molar-refractivity contribution in [2.45, 2.75) is 78.6 Å². The summed E-state index contributed by atoms with van der Waals surface area (Å²) >= 11 is 0. The summed E-state index contributed by atoms with van der Waals surface area (Å²) in [7, 11) is 0. The average Bonchev–Trinajstić information content (AvgIpc) is 2.38. The molecule has 3 aliphatic rings. The van der Waals surface area contributed by atoms with Gasteiger partial charge in [0.2, 0.25) is 0 Å². The van der Waals surface area contributed by atoms with Crippen LogP contribution < -0.4 is 0 Å². The van der Waals surface area contributed by atoms with Gasteiger partial charge in [0.1, 0.15) is 0 Å². The van der Waals surface area contributed by atoms with Crippen molar-refractivity contribution < 1.29 is 5.11 Å². The van der Waals surface area contributed by atoms with Gasteiger partial charge >= 0.3 is 0 Å². The van der Waals surface area contributed by atoms with Crippen LogP contribution in [-0.4, -0.2) is 11.7 Å². The van der Waals surface area contributed by atoms with Gasteiger partial charge < -0.3 is 5.11 Å². The normalized spacial score (nSPS) is 52.2. The molecule has 4 unspecified atom stereocenters. The van der Waals surface area contributed by atoms with Crippen LogP contribution in [0.3, 0.4) is 0 Å². The zero-order valence-electron chi connectivity index (χ0n) is 13.8. The second-order valence-electron chi connectivity index (χ2n) is 8.95. The molecule has 0 aromatic heterocycles. The lowest BCUT2D eigenvalue weighted by atomic mass is 9.46. The number of hydrogen-bond donors (Lipinski definition) is 1. The third-order valence-corrected chi connectivity index (χ3v) is 7.70. The van der Waals surface area contributed by atoms with Crippen LogP contribution in [0.15, 0.2) is 0 Å². The van der Waals surface area contributed by atoms with Crippen molar-refractivity contribution in [2.75, 3.05) is 6.61 Å². The first kappa shape index (κ1) is 14.9. The fourth-order valence-electron chi connectivity index (χ4n) is 6.60. The molecule has 1 heteroatoms. The predicted octanol–water partition coefficient (Wildman–Crippen LogP) is 5.03. The van der Waals surface area contributed by atoms with Crippen LogP contribution in [0.4, 0.5) is 0 Å². The highest BCUT2D eigenvalue weighted by Gasteiger charge is 2.53. The first-order valence-electron chi connectivity index (χ1n) is 9.09. The van der Waals surface area contributed by atoms with Crippen molar-refractivity contribution in [1.82, 2.24) is 0 Å². The topological polar surface area (TPSA) is 20.2 Å². The second kappa shape index (κ2) is 5.30. The van der Waals surface area contributed by atoms with E-state index in [9.17, 15) is 5.11 Å². The van der Waals surface area contributed by atoms with Gasteiger partial charge in [-0.1, -0.05) is 33.6 Å². The molecule has 0 saturated heterocycles. The molecule has 0 heterocycles. The van der Waals surface area contributed by atoms with Gasteiger partial charge in [-0.2, -0.15) is 0 Å². The fraction of sp³-hybridized carbons (Fsp3) is 1.00. The summed E-state index contributed by atoms with van der Waals surface area (Å²) in [5.41, 5.74) is 1.07. The lowest BCUT2D eigenvalue weighted by Gasteiger charge is -2.59. The molecule has 0 aromatic rings. The molecule has 3 saturated carbocycles. The number of hydrogen-bond acceptors (Lipinski definition) is 1. The van der Waals surface area contributed by atoms with Gasteiger partial charge in [0.15, 0.2) is 0 Å². The smallest absolute Gasteiger partial charge is 0.0436 e. The minimum atomic E-state index is 0.380. The van der Waals surface area contributed by atoms with Gasteiger partial charge in [-0.15, -0.1) is 0 Å². The molecular formula is C19H34O. The number of aliphatic hydroxyl groups excluding tert-OH is 1. The Morgan fingerprint density at radius 3 is 2.55 bits per heavy atom. The van der Waals surface area contributed by atoms with Gasteiger partial charge in [-0.25, -0.2) is 0 Å². The van der Waals surface area contributed by atoms with Crippen molar-refractivity contribution in [3.63, 3.8) is 0 Å². The van der Waals surface area contributed by atoms with Crippen molar-refractivity contribution in [1.29, 1.82) is 0 Å². The minimum absolute atomic E-state index is 0.380. The highest BCUT2D eigenvalue weighted by Crippen LogP contribution is 2.62. The molecule has 0 radical (unpaired) electrons. The molecule has 0 bridgehead atoms. The molecule has 116 valence electrons. The SMILES string of the molecule is CC1CCC[C@]2(C)C1CCC1C[C@@](C)(CCO)CCC12. The van der Waals surface area contributed by atoms with E-state index in [0.29, 0.717) is 17.4 Å². The molecule has 0 amide bonds. The first-order valence-corrected chi connectivity index (χ1v) is 9.09. The van der Waals surface area contributed by atoms with E-state index < -0.39 is 0 Å². The van der Waals surface area contributed by atoms with Crippen LogP contribution in [0.25, 0.3) is 0 Å². The van der Waals surface area contributed by atoms with Crippen LogP contribution >= 0.6 is 0 Å². The van der Waals surface area contributed by atoms with E-state index in [-0.39, 0.29) is 0 Å². The Hall–Kier alpha value is -0.0400. The number of aliphatic hydroxyl groups is 1. The van der Waals surface area contributed by atoms with Crippen molar-refractivity contribution in [3.8, 4) is 0 Å². The Kier molecular flexibility index (Phi) is 3.95.